The van der Waals surface area contributed by atoms with Gasteiger partial charge in [0.2, 0.25) is 15.9 Å². The Hall–Kier alpha value is -2.89. The summed E-state index contributed by atoms with van der Waals surface area (Å²) in [6, 6.07) is 12.1. The van der Waals surface area contributed by atoms with Gasteiger partial charge in [0.25, 0.3) is 0 Å². The highest BCUT2D eigenvalue weighted by Crippen LogP contribution is 2.33. The lowest BCUT2D eigenvalue weighted by molar-refractivity contribution is -0.132. The molecule has 7 nitrogen and oxygen atoms in total. The second-order valence-electron chi connectivity index (χ2n) is 8.09. The number of aryl methyl sites for hydroxylation is 2. The predicted molar refractivity (Wildman–Crippen MR) is 122 cm³/mol. The van der Waals surface area contributed by atoms with E-state index in [0.29, 0.717) is 25.3 Å². The zero-order valence-corrected chi connectivity index (χ0v) is 19.6. The number of rotatable bonds is 7. The molecule has 1 saturated heterocycles. The number of piperazine rings is 1. The van der Waals surface area contributed by atoms with Crippen molar-refractivity contribution in [2.45, 2.75) is 44.9 Å². The summed E-state index contributed by atoms with van der Waals surface area (Å²) in [6.07, 6.45) is 2.26. The number of amides is 1. The standard InChI is InChI=1S/C24H29N3O4S/c1-4-5-6-24(28)26-9-11-27(12-10-26)32(29,30)23-16-20(17-25)7-8-22(23)31-21-14-18(2)13-19(3)15-21/h7-8,13-16H,4-6,9-12H2,1-3H3. The smallest absolute Gasteiger partial charge is 0.246 e. The lowest BCUT2D eigenvalue weighted by Gasteiger charge is -2.34. The van der Waals surface area contributed by atoms with E-state index in [1.165, 1.54) is 16.4 Å². The summed E-state index contributed by atoms with van der Waals surface area (Å²) in [4.78, 5) is 14.0. The number of hydrogen-bond donors (Lipinski definition) is 0. The van der Waals surface area contributed by atoms with Crippen molar-refractivity contribution < 1.29 is 17.9 Å². The first-order chi connectivity index (χ1) is 15.2. The van der Waals surface area contributed by atoms with Crippen molar-refractivity contribution in [1.82, 2.24) is 9.21 Å². The normalized spacial score (nSPS) is 14.8. The Morgan fingerprint density at radius 1 is 1.06 bits per heavy atom. The number of sulfonamides is 1. The molecule has 0 spiro atoms. The number of carbonyl (C=O) groups is 1. The molecule has 2 aromatic carbocycles. The molecule has 0 aromatic heterocycles. The van der Waals surface area contributed by atoms with E-state index in [1.807, 2.05) is 45.0 Å². The van der Waals surface area contributed by atoms with Gasteiger partial charge in [-0.25, -0.2) is 8.42 Å². The SMILES string of the molecule is CCCCC(=O)N1CCN(S(=O)(=O)c2cc(C#N)ccc2Oc2cc(C)cc(C)c2)CC1. The van der Waals surface area contributed by atoms with Gasteiger partial charge in [0.1, 0.15) is 16.4 Å². The van der Waals surface area contributed by atoms with Crippen molar-refractivity contribution in [3.05, 3.63) is 53.1 Å². The monoisotopic (exact) mass is 455 g/mol. The second-order valence-corrected chi connectivity index (χ2v) is 9.99. The van der Waals surface area contributed by atoms with E-state index >= 15 is 0 Å². The zero-order chi connectivity index (χ0) is 23.3. The Labute approximate surface area is 190 Å². The summed E-state index contributed by atoms with van der Waals surface area (Å²) >= 11 is 0. The van der Waals surface area contributed by atoms with Gasteiger partial charge in [0.15, 0.2) is 0 Å². The van der Waals surface area contributed by atoms with Crippen LogP contribution in [-0.2, 0) is 14.8 Å². The third kappa shape index (κ3) is 5.47. The summed E-state index contributed by atoms with van der Waals surface area (Å²) in [6.45, 7) is 7.04. The largest absolute Gasteiger partial charge is 0.456 e. The maximum Gasteiger partial charge on any atom is 0.246 e. The number of ether oxygens (including phenoxy) is 1. The average molecular weight is 456 g/mol. The van der Waals surface area contributed by atoms with E-state index in [9.17, 15) is 18.5 Å². The van der Waals surface area contributed by atoms with E-state index in [1.54, 1.807) is 11.0 Å². The van der Waals surface area contributed by atoms with Crippen LogP contribution < -0.4 is 4.74 Å². The fourth-order valence-electron chi connectivity index (χ4n) is 3.79. The summed E-state index contributed by atoms with van der Waals surface area (Å²) in [5.74, 6) is 0.777. The molecule has 1 aliphatic rings. The molecule has 0 saturated carbocycles. The Kier molecular flexibility index (Phi) is 7.54. The van der Waals surface area contributed by atoms with E-state index in [-0.39, 0.29) is 35.2 Å². The maximum absolute atomic E-state index is 13.5. The summed E-state index contributed by atoms with van der Waals surface area (Å²) in [5, 5.41) is 9.31. The van der Waals surface area contributed by atoms with Crippen LogP contribution >= 0.6 is 0 Å². The maximum atomic E-state index is 13.5. The number of carbonyl (C=O) groups excluding carboxylic acids is 1. The third-order valence-electron chi connectivity index (χ3n) is 5.45. The van der Waals surface area contributed by atoms with Crippen LogP contribution in [0.1, 0.15) is 42.9 Å². The number of hydrogen-bond acceptors (Lipinski definition) is 5. The van der Waals surface area contributed by atoms with Crippen LogP contribution in [0.25, 0.3) is 0 Å². The molecule has 0 atom stereocenters. The number of benzene rings is 2. The van der Waals surface area contributed by atoms with Gasteiger partial charge in [-0.1, -0.05) is 19.4 Å². The molecule has 170 valence electrons. The summed E-state index contributed by atoms with van der Waals surface area (Å²) < 4.78 is 34.3. The minimum atomic E-state index is -3.91. The molecule has 0 aliphatic carbocycles. The first kappa shape index (κ1) is 23.8. The van der Waals surface area contributed by atoms with Crippen LogP contribution in [0.15, 0.2) is 41.3 Å². The molecular weight excluding hydrogens is 426 g/mol. The lowest BCUT2D eigenvalue weighted by atomic mass is 10.1. The highest BCUT2D eigenvalue weighted by atomic mass is 32.2. The van der Waals surface area contributed by atoms with Crippen molar-refractivity contribution in [2.75, 3.05) is 26.2 Å². The van der Waals surface area contributed by atoms with Crippen LogP contribution in [0.4, 0.5) is 0 Å². The van der Waals surface area contributed by atoms with Crippen molar-refractivity contribution in [2.24, 2.45) is 0 Å². The topological polar surface area (TPSA) is 90.7 Å². The Balaban J connectivity index is 1.85. The molecule has 2 aromatic rings. The molecule has 3 rings (SSSR count). The van der Waals surface area contributed by atoms with Crippen molar-refractivity contribution >= 4 is 15.9 Å². The van der Waals surface area contributed by atoms with Gasteiger partial charge in [-0.2, -0.15) is 9.57 Å². The van der Waals surface area contributed by atoms with E-state index in [2.05, 4.69) is 0 Å². The molecule has 1 amide bonds. The minimum Gasteiger partial charge on any atom is -0.456 e. The summed E-state index contributed by atoms with van der Waals surface area (Å²) in [5.41, 5.74) is 2.24. The van der Waals surface area contributed by atoms with Gasteiger partial charge in [-0.15, -0.1) is 0 Å². The van der Waals surface area contributed by atoms with E-state index in [0.717, 1.165) is 24.0 Å². The quantitative estimate of drug-likeness (QED) is 0.630. The minimum absolute atomic E-state index is 0.0403. The van der Waals surface area contributed by atoms with Crippen molar-refractivity contribution in [3.63, 3.8) is 0 Å². The Bertz CT molecular complexity index is 1110. The molecule has 0 bridgehead atoms. The van der Waals surface area contributed by atoms with Gasteiger partial charge < -0.3 is 9.64 Å². The lowest BCUT2D eigenvalue weighted by Crippen LogP contribution is -2.50. The molecule has 0 unspecified atom stereocenters. The Morgan fingerprint density at radius 2 is 1.72 bits per heavy atom. The molecule has 1 fully saturated rings. The second kappa shape index (κ2) is 10.2. The first-order valence-corrected chi connectivity index (χ1v) is 12.3. The number of unbranched alkanes of at least 4 members (excludes halogenated alkanes) is 1. The fraction of sp³-hybridized carbons (Fsp3) is 0.417. The predicted octanol–water partition coefficient (Wildman–Crippen LogP) is 3.99. The molecule has 32 heavy (non-hydrogen) atoms. The highest BCUT2D eigenvalue weighted by molar-refractivity contribution is 7.89. The fourth-order valence-corrected chi connectivity index (χ4v) is 5.35. The van der Waals surface area contributed by atoms with Gasteiger partial charge in [-0.05, 0) is 61.7 Å². The number of nitrogens with zero attached hydrogens (tertiary/aromatic N) is 3. The summed E-state index contributed by atoms with van der Waals surface area (Å²) in [7, 11) is -3.91. The van der Waals surface area contributed by atoms with E-state index < -0.39 is 10.0 Å². The number of nitriles is 1. The molecule has 1 heterocycles. The van der Waals surface area contributed by atoms with Crippen LogP contribution in [0.3, 0.4) is 0 Å². The van der Waals surface area contributed by atoms with Crippen molar-refractivity contribution in [3.8, 4) is 17.6 Å². The van der Waals surface area contributed by atoms with Gasteiger partial charge in [-0.3, -0.25) is 4.79 Å². The third-order valence-corrected chi connectivity index (χ3v) is 7.37. The van der Waals surface area contributed by atoms with Crippen LogP contribution in [0, 0.1) is 25.2 Å². The van der Waals surface area contributed by atoms with Gasteiger partial charge in [0.05, 0.1) is 11.6 Å². The molecule has 0 radical (unpaired) electrons. The van der Waals surface area contributed by atoms with Crippen LogP contribution in [-0.4, -0.2) is 49.7 Å². The van der Waals surface area contributed by atoms with Crippen molar-refractivity contribution in [1.29, 1.82) is 5.26 Å². The molecule has 8 heteroatoms. The molecule has 1 aliphatic heterocycles. The highest BCUT2D eigenvalue weighted by Gasteiger charge is 2.32. The van der Waals surface area contributed by atoms with Crippen LogP contribution in [0.2, 0.25) is 0 Å². The molecular formula is C24H29N3O4S. The molecule has 0 N–H and O–H groups in total. The van der Waals surface area contributed by atoms with Gasteiger partial charge in [0, 0.05) is 32.6 Å². The van der Waals surface area contributed by atoms with E-state index in [4.69, 9.17) is 4.74 Å². The van der Waals surface area contributed by atoms with Crippen LogP contribution in [0.5, 0.6) is 11.5 Å². The Morgan fingerprint density at radius 3 is 2.31 bits per heavy atom. The zero-order valence-electron chi connectivity index (χ0n) is 18.8. The first-order valence-electron chi connectivity index (χ1n) is 10.8. The van der Waals surface area contributed by atoms with Gasteiger partial charge >= 0.3 is 0 Å². The average Bonchev–Trinajstić information content (AvgIpc) is 2.77.